The largest absolute Gasteiger partial charge is 0.392 e. The molecule has 11 heavy (non-hydrogen) atoms. The van der Waals surface area contributed by atoms with Crippen LogP contribution in [0.25, 0.3) is 0 Å². The summed E-state index contributed by atoms with van der Waals surface area (Å²) in [6.07, 6.45) is 3.64. The number of aliphatic hydroxyl groups excluding tert-OH is 1. The van der Waals surface area contributed by atoms with Gasteiger partial charge in [0, 0.05) is 13.0 Å². The minimum atomic E-state index is 0.00240. The van der Waals surface area contributed by atoms with Gasteiger partial charge in [-0.3, -0.25) is 4.79 Å². The highest BCUT2D eigenvalue weighted by Gasteiger charge is 2.16. The van der Waals surface area contributed by atoms with Gasteiger partial charge in [0.2, 0.25) is 5.91 Å². The Bertz CT molecular complexity index is 187. The van der Waals surface area contributed by atoms with Crippen LogP contribution in [0.2, 0.25) is 0 Å². The Morgan fingerprint density at radius 1 is 1.91 bits per heavy atom. The molecule has 2 N–H and O–H groups in total. The summed E-state index contributed by atoms with van der Waals surface area (Å²) in [5.74, 6) is 0.00240. The number of amides is 1. The van der Waals surface area contributed by atoms with Crippen LogP contribution in [0.15, 0.2) is 11.6 Å². The number of carbonyl (C=O) groups is 1. The van der Waals surface area contributed by atoms with Crippen LogP contribution in [0.1, 0.15) is 19.8 Å². The molecule has 0 saturated carbocycles. The van der Waals surface area contributed by atoms with E-state index in [0.29, 0.717) is 0 Å². The van der Waals surface area contributed by atoms with Crippen LogP contribution in [-0.2, 0) is 4.79 Å². The monoisotopic (exact) mass is 155 g/mol. The Hall–Kier alpha value is -0.830. The van der Waals surface area contributed by atoms with Gasteiger partial charge in [0.05, 0.1) is 6.61 Å². The predicted molar refractivity (Wildman–Crippen MR) is 42.0 cm³/mol. The molecule has 0 heterocycles. The van der Waals surface area contributed by atoms with Crippen molar-refractivity contribution in [3.8, 4) is 0 Å². The van der Waals surface area contributed by atoms with Gasteiger partial charge in [-0.05, 0) is 18.4 Å². The summed E-state index contributed by atoms with van der Waals surface area (Å²) in [5.41, 5.74) is 1.03. The van der Waals surface area contributed by atoms with Crippen LogP contribution < -0.4 is 5.32 Å². The van der Waals surface area contributed by atoms with E-state index in [1.807, 2.05) is 6.08 Å². The molecule has 0 saturated heterocycles. The second-order valence-electron chi connectivity index (χ2n) is 2.86. The lowest BCUT2D eigenvalue weighted by Gasteiger charge is -2.09. The number of nitrogens with one attached hydrogen (secondary N) is 1. The molecule has 1 atom stereocenters. The zero-order chi connectivity index (χ0) is 8.27. The van der Waals surface area contributed by atoms with Gasteiger partial charge in [-0.1, -0.05) is 6.08 Å². The summed E-state index contributed by atoms with van der Waals surface area (Å²) in [5, 5.41) is 11.5. The SMILES string of the molecule is CC(=O)NC1CC=C(CO)C1. The lowest BCUT2D eigenvalue weighted by atomic mass is 10.2. The zero-order valence-electron chi connectivity index (χ0n) is 6.63. The first-order chi connectivity index (χ1) is 5.22. The highest BCUT2D eigenvalue weighted by molar-refractivity contribution is 5.73. The Kier molecular flexibility index (Phi) is 2.65. The third-order valence-corrected chi connectivity index (χ3v) is 1.81. The summed E-state index contributed by atoms with van der Waals surface area (Å²) >= 11 is 0. The molecule has 3 heteroatoms. The molecule has 0 aromatic rings. The fraction of sp³-hybridized carbons (Fsp3) is 0.625. The minimum Gasteiger partial charge on any atom is -0.392 e. The van der Waals surface area contributed by atoms with E-state index in [4.69, 9.17) is 5.11 Å². The van der Waals surface area contributed by atoms with Gasteiger partial charge in [0.1, 0.15) is 0 Å². The average molecular weight is 155 g/mol. The maximum atomic E-state index is 10.6. The van der Waals surface area contributed by atoms with E-state index in [1.165, 1.54) is 6.92 Å². The summed E-state index contributed by atoms with van der Waals surface area (Å²) in [6, 6.07) is 0.217. The van der Waals surface area contributed by atoms with E-state index >= 15 is 0 Å². The molecule has 1 amide bonds. The first-order valence-corrected chi connectivity index (χ1v) is 3.78. The molecule has 62 valence electrons. The quantitative estimate of drug-likeness (QED) is 0.560. The first kappa shape index (κ1) is 8.27. The Morgan fingerprint density at radius 2 is 2.64 bits per heavy atom. The molecule has 0 aliphatic heterocycles. The lowest BCUT2D eigenvalue weighted by molar-refractivity contribution is -0.119. The molecule has 0 fully saturated rings. The standard InChI is InChI=1S/C8H13NO2/c1-6(11)9-8-3-2-7(4-8)5-10/h2,8,10H,3-5H2,1H3,(H,9,11). The Labute approximate surface area is 66.1 Å². The number of aliphatic hydroxyl groups is 1. The number of rotatable bonds is 2. The van der Waals surface area contributed by atoms with Gasteiger partial charge in [0.25, 0.3) is 0 Å². The lowest BCUT2D eigenvalue weighted by Crippen LogP contribution is -2.30. The topological polar surface area (TPSA) is 49.3 Å². The van der Waals surface area contributed by atoms with Crippen LogP contribution in [0.5, 0.6) is 0 Å². The van der Waals surface area contributed by atoms with Crippen molar-refractivity contribution in [2.75, 3.05) is 6.61 Å². The fourth-order valence-corrected chi connectivity index (χ4v) is 1.32. The van der Waals surface area contributed by atoms with Crippen molar-refractivity contribution in [3.63, 3.8) is 0 Å². The molecule has 1 aliphatic rings. The summed E-state index contributed by atoms with van der Waals surface area (Å²) < 4.78 is 0. The van der Waals surface area contributed by atoms with Crippen LogP contribution in [0, 0.1) is 0 Å². The van der Waals surface area contributed by atoms with Crippen molar-refractivity contribution >= 4 is 5.91 Å². The van der Waals surface area contributed by atoms with Gasteiger partial charge in [-0.15, -0.1) is 0 Å². The van der Waals surface area contributed by atoms with E-state index in [-0.39, 0.29) is 18.6 Å². The molecule has 1 unspecified atom stereocenters. The third kappa shape index (κ3) is 2.35. The van der Waals surface area contributed by atoms with Crippen LogP contribution >= 0.6 is 0 Å². The highest BCUT2D eigenvalue weighted by Crippen LogP contribution is 2.17. The average Bonchev–Trinajstić information content (AvgIpc) is 2.34. The van der Waals surface area contributed by atoms with Crippen molar-refractivity contribution in [1.82, 2.24) is 5.32 Å². The summed E-state index contributed by atoms with van der Waals surface area (Å²) in [6.45, 7) is 1.63. The second-order valence-corrected chi connectivity index (χ2v) is 2.86. The van der Waals surface area contributed by atoms with Gasteiger partial charge in [-0.2, -0.15) is 0 Å². The zero-order valence-corrected chi connectivity index (χ0v) is 6.63. The second kappa shape index (κ2) is 3.53. The van der Waals surface area contributed by atoms with Crippen molar-refractivity contribution in [1.29, 1.82) is 0 Å². The molecule has 3 nitrogen and oxygen atoms in total. The van der Waals surface area contributed by atoms with Crippen LogP contribution in [-0.4, -0.2) is 23.7 Å². The van der Waals surface area contributed by atoms with Crippen LogP contribution in [0.3, 0.4) is 0 Å². The smallest absolute Gasteiger partial charge is 0.217 e. The number of hydrogen-bond donors (Lipinski definition) is 2. The maximum Gasteiger partial charge on any atom is 0.217 e. The Balaban J connectivity index is 2.30. The van der Waals surface area contributed by atoms with Crippen LogP contribution in [0.4, 0.5) is 0 Å². The molecule has 0 aromatic heterocycles. The molecule has 1 rings (SSSR count). The van der Waals surface area contributed by atoms with E-state index in [2.05, 4.69) is 5.32 Å². The number of hydrogen-bond acceptors (Lipinski definition) is 2. The number of carbonyl (C=O) groups excluding carboxylic acids is 1. The van der Waals surface area contributed by atoms with Crippen molar-refractivity contribution in [2.45, 2.75) is 25.8 Å². The summed E-state index contributed by atoms with van der Waals surface area (Å²) in [4.78, 5) is 10.6. The van der Waals surface area contributed by atoms with E-state index in [9.17, 15) is 4.79 Å². The maximum absolute atomic E-state index is 10.6. The molecule has 0 spiro atoms. The summed E-state index contributed by atoms with van der Waals surface area (Å²) in [7, 11) is 0. The third-order valence-electron chi connectivity index (χ3n) is 1.81. The predicted octanol–water partition coefficient (Wildman–Crippen LogP) is 0.204. The molecule has 0 aromatic carbocycles. The van der Waals surface area contributed by atoms with Gasteiger partial charge >= 0.3 is 0 Å². The van der Waals surface area contributed by atoms with Crippen molar-refractivity contribution in [2.24, 2.45) is 0 Å². The molecular weight excluding hydrogens is 142 g/mol. The van der Waals surface area contributed by atoms with E-state index in [0.717, 1.165) is 18.4 Å². The molecule has 0 bridgehead atoms. The van der Waals surface area contributed by atoms with E-state index in [1.54, 1.807) is 0 Å². The van der Waals surface area contributed by atoms with Gasteiger partial charge in [-0.25, -0.2) is 0 Å². The molecule has 0 radical (unpaired) electrons. The van der Waals surface area contributed by atoms with Crippen molar-refractivity contribution < 1.29 is 9.90 Å². The van der Waals surface area contributed by atoms with E-state index < -0.39 is 0 Å². The first-order valence-electron chi connectivity index (χ1n) is 3.78. The fourth-order valence-electron chi connectivity index (χ4n) is 1.32. The van der Waals surface area contributed by atoms with Gasteiger partial charge < -0.3 is 10.4 Å². The molecule has 1 aliphatic carbocycles. The van der Waals surface area contributed by atoms with Gasteiger partial charge in [0.15, 0.2) is 0 Å². The molecular formula is C8H13NO2. The normalized spacial score (nSPS) is 23.1. The highest BCUT2D eigenvalue weighted by atomic mass is 16.3. The van der Waals surface area contributed by atoms with Crippen molar-refractivity contribution in [3.05, 3.63) is 11.6 Å². The Morgan fingerprint density at radius 3 is 3.09 bits per heavy atom. The minimum absolute atomic E-state index is 0.00240.